The van der Waals surface area contributed by atoms with Crippen molar-refractivity contribution in [3.05, 3.63) is 97.2 Å². The molecule has 0 rings (SSSR count). The van der Waals surface area contributed by atoms with Crippen LogP contribution in [0.2, 0.25) is 0 Å². The molecule has 0 bridgehead atoms. The summed E-state index contributed by atoms with van der Waals surface area (Å²) >= 11 is 0. The summed E-state index contributed by atoms with van der Waals surface area (Å²) in [6.45, 7) is 4.39. The van der Waals surface area contributed by atoms with E-state index in [1.54, 1.807) is 21.1 Å². The van der Waals surface area contributed by atoms with E-state index in [1.807, 2.05) is 0 Å². The molecule has 0 aromatic carbocycles. The number of ether oxygens (including phenoxy) is 3. The molecular weight excluding hydrogens is 775 g/mol. The minimum Gasteiger partial charge on any atom is -0.544 e. The first kappa shape index (κ1) is 58.2. The SMILES string of the molecule is CC/C=C\C/C=C\C/C=C\C/C=C\CCCCCCCCC(=O)OCC(COCCC(C(=O)[O-])[N+](C)(C)C)OC(=O)CCCCCCCC/C=C\C/C=C\C/C=C\C/C=C\CC. The highest BCUT2D eigenvalue weighted by atomic mass is 16.6. The number of esters is 2. The van der Waals surface area contributed by atoms with Crippen molar-refractivity contribution in [2.45, 2.75) is 187 Å². The van der Waals surface area contributed by atoms with Gasteiger partial charge >= 0.3 is 11.9 Å². The zero-order valence-corrected chi connectivity index (χ0v) is 40.0. The van der Waals surface area contributed by atoms with Crippen LogP contribution < -0.4 is 5.11 Å². The summed E-state index contributed by atoms with van der Waals surface area (Å²) in [5, 5.41) is 11.7. The fraction of sp³-hybridized carbons (Fsp3) is 0.648. The summed E-state index contributed by atoms with van der Waals surface area (Å²) in [7, 11) is 5.39. The molecular formula is C54H89NO7. The first-order valence-electron chi connectivity index (χ1n) is 24.3. The molecule has 0 amide bonds. The largest absolute Gasteiger partial charge is 0.544 e. The van der Waals surface area contributed by atoms with Gasteiger partial charge in [0.1, 0.15) is 12.6 Å². The molecule has 0 aliphatic rings. The topological polar surface area (TPSA) is 102 Å². The van der Waals surface area contributed by atoms with Crippen LogP contribution in [0.5, 0.6) is 0 Å². The number of unbranched alkanes of at least 4 members (excludes halogenated alkanes) is 12. The zero-order chi connectivity index (χ0) is 45.6. The number of hydrogen-bond donors (Lipinski definition) is 0. The number of likely N-dealkylation sites (N-methyl/N-ethyl adjacent to an activating group) is 1. The molecule has 8 nitrogen and oxygen atoms in total. The van der Waals surface area contributed by atoms with E-state index in [0.29, 0.717) is 12.8 Å². The highest BCUT2D eigenvalue weighted by Crippen LogP contribution is 2.13. The third-order valence-corrected chi connectivity index (χ3v) is 10.2. The van der Waals surface area contributed by atoms with Gasteiger partial charge in [0.15, 0.2) is 6.10 Å². The molecule has 0 aliphatic heterocycles. The lowest BCUT2D eigenvalue weighted by atomic mass is 10.1. The number of quaternary nitrogens is 1. The van der Waals surface area contributed by atoms with Gasteiger partial charge in [-0.3, -0.25) is 9.59 Å². The molecule has 62 heavy (non-hydrogen) atoms. The Bertz CT molecular complexity index is 1330. The van der Waals surface area contributed by atoms with Crippen LogP contribution in [0.15, 0.2) is 97.2 Å². The minimum atomic E-state index is -1.13. The highest BCUT2D eigenvalue weighted by Gasteiger charge is 2.25. The van der Waals surface area contributed by atoms with Crippen LogP contribution in [0.4, 0.5) is 0 Å². The van der Waals surface area contributed by atoms with Gasteiger partial charge in [-0.1, -0.05) is 162 Å². The lowest BCUT2D eigenvalue weighted by Gasteiger charge is -2.34. The van der Waals surface area contributed by atoms with Crippen molar-refractivity contribution in [3.63, 3.8) is 0 Å². The van der Waals surface area contributed by atoms with Gasteiger partial charge in [0.2, 0.25) is 0 Å². The number of aliphatic carboxylic acids is 1. The van der Waals surface area contributed by atoms with Gasteiger partial charge in [-0.25, -0.2) is 0 Å². The smallest absolute Gasteiger partial charge is 0.306 e. The Morgan fingerprint density at radius 1 is 0.484 bits per heavy atom. The second kappa shape index (κ2) is 43.9. The van der Waals surface area contributed by atoms with Crippen molar-refractivity contribution in [2.24, 2.45) is 0 Å². The van der Waals surface area contributed by atoms with Crippen LogP contribution in [0.1, 0.15) is 174 Å². The predicted molar refractivity (Wildman–Crippen MR) is 258 cm³/mol. The fourth-order valence-electron chi connectivity index (χ4n) is 6.52. The van der Waals surface area contributed by atoms with E-state index < -0.39 is 18.1 Å². The lowest BCUT2D eigenvalue weighted by Crippen LogP contribution is -2.55. The van der Waals surface area contributed by atoms with E-state index in [1.165, 1.54) is 25.7 Å². The number of nitrogens with zero attached hydrogens (tertiary/aromatic N) is 1. The second-order valence-corrected chi connectivity index (χ2v) is 16.9. The van der Waals surface area contributed by atoms with Crippen molar-refractivity contribution < 1.29 is 38.2 Å². The van der Waals surface area contributed by atoms with E-state index >= 15 is 0 Å². The molecule has 8 heteroatoms. The maximum absolute atomic E-state index is 12.8. The Hall–Kier alpha value is -3.75. The monoisotopic (exact) mass is 864 g/mol. The van der Waals surface area contributed by atoms with Gasteiger partial charge < -0.3 is 28.6 Å². The second-order valence-electron chi connectivity index (χ2n) is 16.9. The third-order valence-electron chi connectivity index (χ3n) is 10.2. The molecule has 0 aromatic heterocycles. The summed E-state index contributed by atoms with van der Waals surface area (Å²) in [4.78, 5) is 37.0. The summed E-state index contributed by atoms with van der Waals surface area (Å²) in [5.74, 6) is -1.78. The van der Waals surface area contributed by atoms with Crippen LogP contribution in [-0.4, -0.2) is 75.5 Å². The van der Waals surface area contributed by atoms with Crippen LogP contribution in [-0.2, 0) is 28.6 Å². The summed E-state index contributed by atoms with van der Waals surface area (Å²) in [5.41, 5.74) is 0. The quantitative estimate of drug-likeness (QED) is 0.0261. The van der Waals surface area contributed by atoms with E-state index in [-0.39, 0.29) is 42.7 Å². The van der Waals surface area contributed by atoms with Crippen LogP contribution >= 0.6 is 0 Å². The van der Waals surface area contributed by atoms with Crippen LogP contribution in [0.3, 0.4) is 0 Å². The van der Waals surface area contributed by atoms with Crippen molar-refractivity contribution >= 4 is 17.9 Å². The number of carbonyl (C=O) groups is 3. The number of rotatable bonds is 42. The van der Waals surface area contributed by atoms with Gasteiger partial charge in [-0.2, -0.15) is 0 Å². The van der Waals surface area contributed by atoms with Gasteiger partial charge in [0.05, 0.1) is 40.3 Å². The first-order chi connectivity index (χ1) is 30.1. The Kier molecular flexibility index (Phi) is 41.2. The summed E-state index contributed by atoms with van der Waals surface area (Å²) in [6, 6.07) is -0.737. The van der Waals surface area contributed by atoms with Gasteiger partial charge in [0, 0.05) is 19.3 Å². The summed E-state index contributed by atoms with van der Waals surface area (Å²) < 4.78 is 17.2. The molecule has 0 aliphatic carbocycles. The number of carboxylic acid groups (broad SMARTS) is 1. The van der Waals surface area contributed by atoms with Gasteiger partial charge in [-0.05, 0) is 89.9 Å². The van der Waals surface area contributed by atoms with E-state index in [0.717, 1.165) is 116 Å². The maximum Gasteiger partial charge on any atom is 0.306 e. The van der Waals surface area contributed by atoms with Gasteiger partial charge in [-0.15, -0.1) is 0 Å². The molecule has 0 heterocycles. The van der Waals surface area contributed by atoms with E-state index in [9.17, 15) is 19.5 Å². The van der Waals surface area contributed by atoms with Crippen molar-refractivity contribution in [3.8, 4) is 0 Å². The predicted octanol–water partition coefficient (Wildman–Crippen LogP) is 12.5. The number of allylic oxidation sites excluding steroid dienone is 16. The van der Waals surface area contributed by atoms with Crippen LogP contribution in [0, 0.1) is 0 Å². The van der Waals surface area contributed by atoms with Gasteiger partial charge in [0.25, 0.3) is 0 Å². The molecule has 2 unspecified atom stereocenters. The zero-order valence-electron chi connectivity index (χ0n) is 40.0. The summed E-state index contributed by atoms with van der Waals surface area (Å²) in [6.07, 6.45) is 58.6. The highest BCUT2D eigenvalue weighted by molar-refractivity contribution is 5.70. The molecule has 0 spiro atoms. The van der Waals surface area contributed by atoms with Crippen LogP contribution in [0.25, 0.3) is 0 Å². The normalized spacial score (nSPS) is 13.8. The standard InChI is InChI=1S/C54H89NO7/c1-6-8-10-12-14-16-18-20-22-24-26-28-30-32-34-36-38-40-42-44-52(56)61-49-50(48-60-47-46-51(54(58)59)55(3,4)5)62-53(57)45-43-41-39-37-35-33-31-29-27-25-23-21-19-17-15-13-11-9-7-2/h8-11,14-17,20-23,26-29,50-51H,6-7,12-13,18-19,24-25,30-49H2,1-5H3/b10-8-,11-9-,16-14-,17-15-,22-20-,23-21-,28-26-,29-27-. The van der Waals surface area contributed by atoms with E-state index in [4.69, 9.17) is 14.2 Å². The lowest BCUT2D eigenvalue weighted by molar-refractivity contribution is -0.889. The fourth-order valence-corrected chi connectivity index (χ4v) is 6.52. The molecule has 0 aromatic rings. The average molecular weight is 864 g/mol. The van der Waals surface area contributed by atoms with Crippen molar-refractivity contribution in [1.29, 1.82) is 0 Å². The molecule has 352 valence electrons. The van der Waals surface area contributed by atoms with Crippen molar-refractivity contribution in [1.82, 2.24) is 0 Å². The maximum atomic E-state index is 12.8. The number of carbonyl (C=O) groups excluding carboxylic acids is 3. The Labute approximate surface area is 379 Å². The molecule has 0 N–H and O–H groups in total. The van der Waals surface area contributed by atoms with E-state index in [2.05, 4.69) is 111 Å². The average Bonchev–Trinajstić information content (AvgIpc) is 3.23. The Morgan fingerprint density at radius 3 is 1.26 bits per heavy atom. The molecule has 0 fully saturated rings. The molecule has 0 radical (unpaired) electrons. The van der Waals surface area contributed by atoms with Crippen molar-refractivity contribution in [2.75, 3.05) is 41.0 Å². The number of carboxylic acids is 1. The molecule has 0 saturated heterocycles. The molecule has 2 atom stereocenters. The Balaban J connectivity index is 4.36. The third kappa shape index (κ3) is 41.6. The minimum absolute atomic E-state index is 0.0239. The number of hydrogen-bond acceptors (Lipinski definition) is 7. The first-order valence-corrected chi connectivity index (χ1v) is 24.3. The Morgan fingerprint density at radius 2 is 0.855 bits per heavy atom. The molecule has 0 saturated carbocycles.